The van der Waals surface area contributed by atoms with E-state index in [-0.39, 0.29) is 20.2 Å². The number of carbonyl (C=O) groups is 2. The molecule has 146 valence electrons. The molecule has 0 amide bonds. The molecule has 0 N–H and O–H groups in total. The molecule has 5 heteroatoms. The Labute approximate surface area is 167 Å². The Balaban J connectivity index is 1.26. The zero-order valence-corrected chi connectivity index (χ0v) is 17.8. The van der Waals surface area contributed by atoms with Gasteiger partial charge >= 0.3 is 168 Å². The van der Waals surface area contributed by atoms with Crippen molar-refractivity contribution in [2.75, 3.05) is 0 Å². The SMILES string of the molecule is O=C(c1ccccc1Cl)[C]12[CH]3[CH]4[CH]5[C]1(C(=O)c1ccccc1Cl)[Fe]43521678[CH]2[CH]1[CH]6[CH]7[CH]28. The summed E-state index contributed by atoms with van der Waals surface area (Å²) >= 11 is 13.1. The van der Waals surface area contributed by atoms with Crippen LogP contribution in [0, 0.1) is 0 Å². The molecule has 10 fully saturated rings. The van der Waals surface area contributed by atoms with E-state index < -0.39 is 6.51 Å². The van der Waals surface area contributed by atoms with E-state index in [9.17, 15) is 9.59 Å². The quantitative estimate of drug-likeness (QED) is 0.356. The summed E-state index contributed by atoms with van der Waals surface area (Å²) in [5.41, 5.74) is 1.38. The van der Waals surface area contributed by atoms with Crippen LogP contribution in [-0.4, -0.2) is 11.6 Å². The maximum atomic E-state index is 14.4. The number of halogens is 2. The van der Waals surface area contributed by atoms with Crippen LogP contribution in [0.5, 0.6) is 0 Å². The van der Waals surface area contributed by atoms with Crippen molar-refractivity contribution in [1.82, 2.24) is 0 Å². The van der Waals surface area contributed by atoms with Gasteiger partial charge < -0.3 is 0 Å². The van der Waals surface area contributed by atoms with Crippen LogP contribution in [0.25, 0.3) is 0 Å². The van der Waals surface area contributed by atoms with Crippen molar-refractivity contribution in [1.29, 1.82) is 0 Å². The Morgan fingerprint density at radius 3 is 1.34 bits per heavy atom. The van der Waals surface area contributed by atoms with E-state index in [1.807, 2.05) is 48.5 Å². The summed E-state index contributed by atoms with van der Waals surface area (Å²) in [4.78, 5) is 35.2. The van der Waals surface area contributed by atoms with Crippen LogP contribution in [0.1, 0.15) is 20.7 Å². The molecule has 0 saturated carbocycles. The van der Waals surface area contributed by atoms with Crippen molar-refractivity contribution < 1.29 is 16.1 Å². The van der Waals surface area contributed by atoms with Crippen LogP contribution in [0.2, 0.25) is 57.2 Å². The fourth-order valence-corrected chi connectivity index (χ4v) is 95.3. The van der Waals surface area contributed by atoms with Gasteiger partial charge in [-0.15, -0.1) is 0 Å². The molecule has 0 bridgehead atoms. The fraction of sp³-hybridized carbons (Fsp3) is 0.417. The molecule has 10 heterocycles. The van der Waals surface area contributed by atoms with Crippen LogP contribution in [-0.2, 0) is 6.51 Å². The second-order valence-corrected chi connectivity index (χ2v) is 37.4. The van der Waals surface area contributed by atoms with E-state index in [2.05, 4.69) is 0 Å². The third-order valence-corrected chi connectivity index (χ3v) is 61.1. The number of hydrogen-bond donors (Lipinski definition) is 0. The molecule has 2 nitrogen and oxygen atoms in total. The molecule has 0 aromatic heterocycles. The first-order valence-corrected chi connectivity index (χ1v) is 17.5. The average molecular weight is 463 g/mol. The summed E-state index contributed by atoms with van der Waals surface area (Å²) in [6.07, 6.45) is 0. The van der Waals surface area contributed by atoms with Gasteiger partial charge in [0.05, 0.1) is 0 Å². The third-order valence-electron chi connectivity index (χ3n) is 17.8. The Kier molecular flexibility index (Phi) is 0.738. The van der Waals surface area contributed by atoms with E-state index in [1.165, 1.54) is 0 Å². The van der Waals surface area contributed by atoms with Crippen LogP contribution in [0.3, 0.4) is 0 Å². The van der Waals surface area contributed by atoms with Crippen molar-refractivity contribution in [3.63, 3.8) is 0 Å². The van der Waals surface area contributed by atoms with Gasteiger partial charge in [-0.05, 0) is 0 Å². The van der Waals surface area contributed by atoms with Crippen LogP contribution >= 0.6 is 23.2 Å². The number of Topliss-reactive ketones (excluding diaryl/α,β-unsaturated/α-hetero) is 2. The molecule has 2 aromatic carbocycles. The number of hydrogen-bond acceptors (Lipinski definition) is 2. The molecule has 10 aliphatic heterocycles. The summed E-state index contributed by atoms with van der Waals surface area (Å²) in [5.74, 6) is 0.565. The van der Waals surface area contributed by atoms with E-state index >= 15 is 0 Å². The van der Waals surface area contributed by atoms with Crippen LogP contribution in [0.15, 0.2) is 48.5 Å². The first-order chi connectivity index (χ1) is 13.8. The van der Waals surface area contributed by atoms with Gasteiger partial charge in [0.1, 0.15) is 0 Å². The predicted molar refractivity (Wildman–Crippen MR) is 107 cm³/mol. The Morgan fingerprint density at radius 2 is 1.03 bits per heavy atom. The van der Waals surface area contributed by atoms with Crippen molar-refractivity contribution in [3.8, 4) is 0 Å². The molecule has 12 rings (SSSR count). The average Bonchev–Trinajstić information content (AvgIpc) is 3.67. The Hall–Kier alpha value is -1.12. The summed E-state index contributed by atoms with van der Waals surface area (Å²) in [7, 11) is 0. The molecular formula is C24H16Cl2FeO2. The van der Waals surface area contributed by atoms with Gasteiger partial charge in [0, 0.05) is 0 Å². The van der Waals surface area contributed by atoms with Gasteiger partial charge in [-0.2, -0.15) is 0 Å². The first kappa shape index (κ1) is 13.3. The first-order valence-electron chi connectivity index (χ1n) is 10.6. The number of fused-ring (bicyclic) bond motifs is 10. The standard InChI is InChI=1S/C19H11Cl2O2.C5H5.Fe/c20-16-10-3-1-6-14(16)18(22)12-8-5-9-13(12)19(23)15-7-2-4-11-17(15)21;1-2-4-5-3-1;/h1-11H;1-5H;. The zero-order valence-electron chi connectivity index (χ0n) is 15.2. The molecule has 0 aliphatic carbocycles. The van der Waals surface area contributed by atoms with Gasteiger partial charge in [-0.1, -0.05) is 0 Å². The summed E-state index contributed by atoms with van der Waals surface area (Å²) in [6.45, 7) is -4.27. The predicted octanol–water partition coefficient (Wildman–Crippen LogP) is 7.19. The minimum atomic E-state index is -4.27. The molecule has 4 unspecified atom stereocenters. The van der Waals surface area contributed by atoms with Crippen molar-refractivity contribution in [2.24, 2.45) is 0 Å². The van der Waals surface area contributed by atoms with E-state index in [4.69, 9.17) is 23.2 Å². The van der Waals surface area contributed by atoms with Gasteiger partial charge in [0.25, 0.3) is 0 Å². The van der Waals surface area contributed by atoms with Gasteiger partial charge in [0.2, 0.25) is 0 Å². The molecule has 0 radical (unpaired) electrons. The fourth-order valence-electron chi connectivity index (χ4n) is 19.5. The molecule has 2 aromatic rings. The molecule has 29 heavy (non-hydrogen) atoms. The van der Waals surface area contributed by atoms with Gasteiger partial charge in [0.15, 0.2) is 0 Å². The number of rotatable bonds is 4. The molecular weight excluding hydrogens is 447 g/mol. The summed E-state index contributed by atoms with van der Waals surface area (Å²) < 4.78 is -0.541. The van der Waals surface area contributed by atoms with E-state index in [0.29, 0.717) is 30.8 Å². The Bertz CT molecular complexity index is 1650. The number of ketones is 2. The van der Waals surface area contributed by atoms with Crippen molar-refractivity contribution in [3.05, 3.63) is 69.7 Å². The maximum absolute atomic E-state index is 14.4. The minimum absolute atomic E-state index is 0.271. The topological polar surface area (TPSA) is 34.1 Å². The molecule has 10 saturated heterocycles. The molecule has 10 aliphatic rings. The van der Waals surface area contributed by atoms with E-state index in [1.54, 1.807) is 0 Å². The zero-order chi connectivity index (χ0) is 19.1. The number of carbonyl (C=O) groups excluding carboxylic acids is 2. The third kappa shape index (κ3) is 0.232. The van der Waals surface area contributed by atoms with Gasteiger partial charge in [-0.3, -0.25) is 0 Å². The summed E-state index contributed by atoms with van der Waals surface area (Å²) in [5, 5.41) is 1.13. The second-order valence-electron chi connectivity index (χ2n) is 13.4. The van der Waals surface area contributed by atoms with E-state index in [0.717, 1.165) is 28.9 Å². The molecule has 1 spiro atoms. The van der Waals surface area contributed by atoms with Crippen molar-refractivity contribution >= 4 is 34.8 Å². The van der Waals surface area contributed by atoms with Crippen LogP contribution < -0.4 is 0 Å². The Morgan fingerprint density at radius 1 is 0.655 bits per heavy atom. The van der Waals surface area contributed by atoms with Crippen LogP contribution in [0.4, 0.5) is 0 Å². The van der Waals surface area contributed by atoms with Gasteiger partial charge in [-0.25, -0.2) is 0 Å². The molecule has 4 atom stereocenters. The van der Waals surface area contributed by atoms with Crippen molar-refractivity contribution in [2.45, 2.75) is 47.2 Å². The summed E-state index contributed by atoms with van der Waals surface area (Å²) in [6, 6.07) is 15.1. The second kappa shape index (κ2) is 1.61. The normalized spacial score (nSPS) is 76.9. The monoisotopic (exact) mass is 462 g/mol. The number of benzene rings is 2.